The second-order valence-electron chi connectivity index (χ2n) is 2.74. The molecule has 15 heavy (non-hydrogen) atoms. The van der Waals surface area contributed by atoms with E-state index in [4.69, 9.17) is 5.11 Å². The summed E-state index contributed by atoms with van der Waals surface area (Å²) in [5, 5.41) is 8.60. The van der Waals surface area contributed by atoms with E-state index in [2.05, 4.69) is 6.58 Å². The lowest BCUT2D eigenvalue weighted by Gasteiger charge is -2.00. The number of halogens is 1. The minimum absolute atomic E-state index is 0.447. The number of sulfone groups is 1. The molecule has 0 aromatic rings. The molecule has 6 heteroatoms. The molecule has 0 fully saturated rings. The predicted molar refractivity (Wildman–Crippen MR) is 54.6 cm³/mol. The lowest BCUT2D eigenvalue weighted by molar-refractivity contribution is -0.132. The lowest BCUT2D eigenvalue weighted by Crippen LogP contribution is -2.04. The third-order valence-electron chi connectivity index (χ3n) is 1.52. The molecule has 1 N–H and O–H groups in total. The highest BCUT2D eigenvalue weighted by Gasteiger charge is 2.15. The van der Waals surface area contributed by atoms with Crippen molar-refractivity contribution < 1.29 is 22.7 Å². The van der Waals surface area contributed by atoms with Crippen LogP contribution in [0.3, 0.4) is 0 Å². The largest absolute Gasteiger partial charge is 0.478 e. The molecule has 4 nitrogen and oxygen atoms in total. The Bertz CT molecular complexity index is 443. The summed E-state index contributed by atoms with van der Waals surface area (Å²) in [7, 11) is -3.60. The van der Waals surface area contributed by atoms with Crippen molar-refractivity contribution in [3.05, 3.63) is 35.0 Å². The van der Waals surface area contributed by atoms with Gasteiger partial charge in [-0.2, -0.15) is 0 Å². The van der Waals surface area contributed by atoms with Gasteiger partial charge in [0.1, 0.15) is 5.83 Å². The molecule has 0 amide bonds. The van der Waals surface area contributed by atoms with E-state index in [1.807, 2.05) is 0 Å². The van der Waals surface area contributed by atoms with E-state index >= 15 is 0 Å². The van der Waals surface area contributed by atoms with Gasteiger partial charge < -0.3 is 5.11 Å². The first-order valence-electron chi connectivity index (χ1n) is 3.86. The fourth-order valence-corrected chi connectivity index (χ4v) is 0.988. The lowest BCUT2D eigenvalue weighted by atomic mass is 10.2. The molecule has 0 aliphatic carbocycles. The summed E-state index contributed by atoms with van der Waals surface area (Å²) in [5.41, 5.74) is -0.729. The van der Waals surface area contributed by atoms with E-state index in [1.54, 1.807) is 0 Å². The highest BCUT2D eigenvalue weighted by atomic mass is 32.2. The first kappa shape index (κ1) is 13.6. The number of hydrogen-bond acceptors (Lipinski definition) is 3. The first-order chi connectivity index (χ1) is 6.70. The molecule has 84 valence electrons. The van der Waals surface area contributed by atoms with Gasteiger partial charge in [-0.05, 0) is 13.0 Å². The maximum absolute atomic E-state index is 13.0. The maximum atomic E-state index is 13.0. The Labute approximate surface area is 87.3 Å². The van der Waals surface area contributed by atoms with Gasteiger partial charge in [-0.25, -0.2) is 17.6 Å². The summed E-state index contributed by atoms with van der Waals surface area (Å²) >= 11 is 0. The van der Waals surface area contributed by atoms with Crippen LogP contribution in [0.15, 0.2) is 35.0 Å². The Morgan fingerprint density at radius 1 is 1.47 bits per heavy atom. The second-order valence-corrected chi connectivity index (χ2v) is 4.81. The molecule has 0 aromatic carbocycles. The first-order valence-corrected chi connectivity index (χ1v) is 5.75. The Kier molecular flexibility index (Phi) is 4.41. The average Bonchev–Trinajstić information content (AvgIpc) is 2.10. The van der Waals surface area contributed by atoms with Crippen LogP contribution < -0.4 is 0 Å². The molecule has 0 atom stereocenters. The number of carboxylic acids is 1. The fourth-order valence-electron chi connectivity index (χ4n) is 0.656. The Morgan fingerprint density at radius 2 is 1.93 bits per heavy atom. The number of hydrogen-bond donors (Lipinski definition) is 1. The van der Waals surface area contributed by atoms with Crippen molar-refractivity contribution in [3.63, 3.8) is 0 Å². The maximum Gasteiger partial charge on any atom is 0.338 e. The van der Waals surface area contributed by atoms with Crippen LogP contribution in [-0.4, -0.2) is 25.7 Å². The van der Waals surface area contributed by atoms with Crippen LogP contribution in [0.1, 0.15) is 6.92 Å². The molecule has 0 saturated heterocycles. The average molecular weight is 234 g/mol. The summed E-state index contributed by atoms with van der Waals surface area (Å²) < 4.78 is 34.8. The van der Waals surface area contributed by atoms with Crippen LogP contribution in [-0.2, 0) is 14.6 Å². The van der Waals surface area contributed by atoms with Gasteiger partial charge in [0.05, 0.1) is 10.5 Å². The fraction of sp³-hybridized carbons (Fsp3) is 0.222. The zero-order valence-corrected chi connectivity index (χ0v) is 9.14. The topological polar surface area (TPSA) is 71.4 Å². The molecule has 0 saturated carbocycles. The number of allylic oxidation sites excluding steroid dienone is 2. The molecule has 0 spiro atoms. The number of aliphatic carboxylic acids is 1. The van der Waals surface area contributed by atoms with Gasteiger partial charge in [0.25, 0.3) is 0 Å². The summed E-state index contributed by atoms with van der Waals surface area (Å²) in [5.74, 6) is -2.55. The highest BCUT2D eigenvalue weighted by molar-refractivity contribution is 7.94. The summed E-state index contributed by atoms with van der Waals surface area (Å²) in [4.78, 5) is 10.1. The Balaban J connectivity index is 5.40. The van der Waals surface area contributed by atoms with Crippen molar-refractivity contribution in [3.8, 4) is 0 Å². The van der Waals surface area contributed by atoms with E-state index in [9.17, 15) is 17.6 Å². The van der Waals surface area contributed by atoms with Crippen molar-refractivity contribution in [1.29, 1.82) is 0 Å². The van der Waals surface area contributed by atoms with Crippen LogP contribution in [0.25, 0.3) is 0 Å². The third-order valence-corrected chi connectivity index (χ3v) is 2.59. The number of carbonyl (C=O) groups is 1. The molecule has 0 heterocycles. The number of rotatable bonds is 4. The summed E-state index contributed by atoms with van der Waals surface area (Å²) in [6.45, 7) is 4.44. The minimum atomic E-state index is -3.60. The van der Waals surface area contributed by atoms with Crippen molar-refractivity contribution >= 4 is 15.8 Å². The summed E-state index contributed by atoms with van der Waals surface area (Å²) in [6.07, 6.45) is 2.47. The van der Waals surface area contributed by atoms with Crippen LogP contribution >= 0.6 is 0 Å². The quantitative estimate of drug-likeness (QED) is 0.590. The van der Waals surface area contributed by atoms with E-state index in [0.717, 1.165) is 12.3 Å². The SMILES string of the molecule is C=C(/C=C(C(=O)O)\C(F)=C/C)S(C)(=O)=O. The molecule has 0 unspecified atom stereocenters. The number of carboxylic acid groups (broad SMARTS) is 1. The minimum Gasteiger partial charge on any atom is -0.478 e. The van der Waals surface area contributed by atoms with Gasteiger partial charge in [-0.1, -0.05) is 12.7 Å². The van der Waals surface area contributed by atoms with Crippen molar-refractivity contribution in [1.82, 2.24) is 0 Å². The van der Waals surface area contributed by atoms with Crippen LogP contribution in [0, 0.1) is 0 Å². The van der Waals surface area contributed by atoms with Gasteiger partial charge in [0.2, 0.25) is 0 Å². The molecule has 0 aliphatic rings. The van der Waals surface area contributed by atoms with Crippen molar-refractivity contribution in [2.24, 2.45) is 0 Å². The van der Waals surface area contributed by atoms with Gasteiger partial charge in [-0.3, -0.25) is 0 Å². The molecule has 0 aromatic heterocycles. The Morgan fingerprint density at radius 3 is 2.20 bits per heavy atom. The summed E-state index contributed by atoms with van der Waals surface area (Å²) in [6, 6.07) is 0. The normalized spacial score (nSPS) is 13.8. The third kappa shape index (κ3) is 4.07. The van der Waals surface area contributed by atoms with E-state index in [1.165, 1.54) is 6.92 Å². The van der Waals surface area contributed by atoms with Gasteiger partial charge >= 0.3 is 5.97 Å². The van der Waals surface area contributed by atoms with Crippen molar-refractivity contribution in [2.45, 2.75) is 6.92 Å². The van der Waals surface area contributed by atoms with Crippen LogP contribution in [0.5, 0.6) is 0 Å². The van der Waals surface area contributed by atoms with Crippen LogP contribution in [0.2, 0.25) is 0 Å². The smallest absolute Gasteiger partial charge is 0.338 e. The molecule has 0 rings (SSSR count). The van der Waals surface area contributed by atoms with E-state index in [0.29, 0.717) is 6.08 Å². The van der Waals surface area contributed by atoms with Gasteiger partial charge in [0.15, 0.2) is 9.84 Å². The standard InChI is InChI=1S/C9H11FO4S/c1-4-8(10)7(9(11)12)5-6(2)15(3,13)14/h4-5H,2H2,1,3H3,(H,11,12)/b7-5+,8-4+. The van der Waals surface area contributed by atoms with Crippen molar-refractivity contribution in [2.75, 3.05) is 6.26 Å². The monoisotopic (exact) mass is 234 g/mol. The van der Waals surface area contributed by atoms with E-state index < -0.39 is 32.1 Å². The highest BCUT2D eigenvalue weighted by Crippen LogP contribution is 2.16. The Hall–Kier alpha value is -1.43. The van der Waals surface area contributed by atoms with Gasteiger partial charge in [-0.15, -0.1) is 0 Å². The molecular weight excluding hydrogens is 223 g/mol. The van der Waals surface area contributed by atoms with Crippen LogP contribution in [0.4, 0.5) is 4.39 Å². The molecule has 0 aliphatic heterocycles. The zero-order chi connectivity index (χ0) is 12.2. The van der Waals surface area contributed by atoms with E-state index in [-0.39, 0.29) is 0 Å². The predicted octanol–water partition coefficient (Wildman–Crippen LogP) is 1.43. The molecule has 0 bridgehead atoms. The molecular formula is C9H11FO4S. The van der Waals surface area contributed by atoms with Gasteiger partial charge in [0, 0.05) is 6.26 Å². The zero-order valence-electron chi connectivity index (χ0n) is 8.32. The molecule has 0 radical (unpaired) electrons. The second kappa shape index (κ2) is 4.88.